The van der Waals surface area contributed by atoms with Crippen molar-refractivity contribution in [1.29, 1.82) is 0 Å². The predicted molar refractivity (Wildman–Crippen MR) is 81.6 cm³/mol. The zero-order valence-corrected chi connectivity index (χ0v) is 13.1. The molecule has 0 saturated heterocycles. The Labute approximate surface area is 123 Å². The summed E-state index contributed by atoms with van der Waals surface area (Å²) >= 11 is 0. The van der Waals surface area contributed by atoms with Crippen molar-refractivity contribution < 1.29 is 19.7 Å². The molecule has 0 bridgehead atoms. The Bertz CT molecular complexity index is 173. The molecule has 0 rings (SSSR count). The summed E-state index contributed by atoms with van der Waals surface area (Å²) in [6, 6.07) is 0. The highest BCUT2D eigenvalue weighted by molar-refractivity contribution is 4.78. The monoisotopic (exact) mass is 294 g/mol. The molecule has 0 aromatic rings. The molecule has 0 saturated carbocycles. The molecule has 0 atom stereocenters. The summed E-state index contributed by atoms with van der Waals surface area (Å²) in [5.41, 5.74) is 9.97. The lowest BCUT2D eigenvalue weighted by atomic mass is 9.93. The molecular weight excluding hydrogens is 260 g/mol. The lowest BCUT2D eigenvalue weighted by molar-refractivity contribution is -0.0637. The molecule has 6 heteroatoms. The molecule has 0 unspecified atom stereocenters. The van der Waals surface area contributed by atoms with Crippen molar-refractivity contribution in [3.63, 3.8) is 0 Å². The van der Waals surface area contributed by atoms with Gasteiger partial charge in [0.1, 0.15) is 0 Å². The van der Waals surface area contributed by atoms with Crippen LogP contribution in [0, 0.1) is 0 Å². The fourth-order valence-electron chi connectivity index (χ4n) is 1.66. The summed E-state index contributed by atoms with van der Waals surface area (Å²) in [4.78, 5) is 0. The second kappa shape index (κ2) is 16.8. The molecule has 124 valence electrons. The molecule has 0 amide bonds. The first-order valence-electron chi connectivity index (χ1n) is 7.49. The molecule has 6 N–H and O–H groups in total. The molecule has 0 spiro atoms. The fourth-order valence-corrected chi connectivity index (χ4v) is 1.66. The number of hydrogen-bond donors (Lipinski definition) is 4. The second-order valence-electron chi connectivity index (χ2n) is 4.57. The molecule has 20 heavy (non-hydrogen) atoms. The number of hydrogen-bond acceptors (Lipinski definition) is 6. The summed E-state index contributed by atoms with van der Waals surface area (Å²) in [5, 5.41) is 18.8. The molecular formula is C14H34N2O4. The van der Waals surface area contributed by atoms with Crippen molar-refractivity contribution in [3.8, 4) is 0 Å². The molecule has 6 nitrogen and oxygen atoms in total. The van der Waals surface area contributed by atoms with E-state index >= 15 is 0 Å². The highest BCUT2D eigenvalue weighted by atomic mass is 16.5. The van der Waals surface area contributed by atoms with Crippen molar-refractivity contribution in [3.05, 3.63) is 0 Å². The summed E-state index contributed by atoms with van der Waals surface area (Å²) in [6.07, 6.45) is 2.77. The molecule has 0 aliphatic rings. The van der Waals surface area contributed by atoms with E-state index in [1.54, 1.807) is 0 Å². The maximum Gasteiger partial charge on any atom is 0.0881 e. The van der Waals surface area contributed by atoms with Crippen molar-refractivity contribution >= 4 is 0 Å². The van der Waals surface area contributed by atoms with E-state index in [-0.39, 0.29) is 19.8 Å². The third-order valence-electron chi connectivity index (χ3n) is 2.71. The lowest BCUT2D eigenvalue weighted by Gasteiger charge is -2.27. The van der Waals surface area contributed by atoms with Crippen LogP contribution < -0.4 is 11.5 Å². The van der Waals surface area contributed by atoms with Crippen LogP contribution in [0.15, 0.2) is 0 Å². The van der Waals surface area contributed by atoms with Gasteiger partial charge in [-0.1, -0.05) is 0 Å². The van der Waals surface area contributed by atoms with Gasteiger partial charge in [-0.3, -0.25) is 0 Å². The Morgan fingerprint density at radius 1 is 0.950 bits per heavy atom. The van der Waals surface area contributed by atoms with Gasteiger partial charge in [0.25, 0.3) is 0 Å². The Morgan fingerprint density at radius 3 is 1.75 bits per heavy atom. The number of ether oxygens (including phenoxy) is 2. The number of rotatable bonds is 12. The van der Waals surface area contributed by atoms with E-state index in [2.05, 4.69) is 0 Å². The number of aliphatic hydroxyl groups is 2. The molecule has 0 aliphatic heterocycles. The SMILES string of the molecule is CCOCC.NCCCC(O)(CCCN)COCCO. The van der Waals surface area contributed by atoms with Gasteiger partial charge < -0.3 is 31.2 Å². The average molecular weight is 294 g/mol. The van der Waals surface area contributed by atoms with Gasteiger partial charge in [-0.15, -0.1) is 0 Å². The minimum Gasteiger partial charge on any atom is -0.394 e. The Hall–Kier alpha value is -0.240. The van der Waals surface area contributed by atoms with E-state index in [1.807, 2.05) is 13.8 Å². The first-order valence-corrected chi connectivity index (χ1v) is 7.49. The van der Waals surface area contributed by atoms with Gasteiger partial charge in [-0.2, -0.15) is 0 Å². The van der Waals surface area contributed by atoms with E-state index in [0.717, 1.165) is 26.1 Å². The summed E-state index contributed by atoms with van der Waals surface area (Å²) < 4.78 is 9.99. The molecule has 0 aromatic carbocycles. The second-order valence-corrected chi connectivity index (χ2v) is 4.57. The molecule has 0 fully saturated rings. The van der Waals surface area contributed by atoms with Crippen LogP contribution in [0.5, 0.6) is 0 Å². The van der Waals surface area contributed by atoms with Crippen LogP contribution in [0.2, 0.25) is 0 Å². The quantitative estimate of drug-likeness (QED) is 0.384. The van der Waals surface area contributed by atoms with Gasteiger partial charge in [0, 0.05) is 13.2 Å². The van der Waals surface area contributed by atoms with E-state index in [1.165, 1.54) is 0 Å². The maximum atomic E-state index is 10.2. The third-order valence-corrected chi connectivity index (χ3v) is 2.71. The smallest absolute Gasteiger partial charge is 0.0881 e. The number of nitrogens with two attached hydrogens (primary N) is 2. The van der Waals surface area contributed by atoms with Gasteiger partial charge in [0.15, 0.2) is 0 Å². The topological polar surface area (TPSA) is 111 Å². The normalized spacial score (nSPS) is 11.1. The molecule has 0 radical (unpaired) electrons. The van der Waals surface area contributed by atoms with Crippen LogP contribution in [0.3, 0.4) is 0 Å². The standard InChI is InChI=1S/C10H24N2O3.C4H10O/c11-5-1-3-10(14,4-2-6-12)9-15-8-7-13;1-3-5-4-2/h13-14H,1-9,11-12H2;3-4H2,1-2H3. The van der Waals surface area contributed by atoms with Gasteiger partial charge >= 0.3 is 0 Å². The van der Waals surface area contributed by atoms with E-state index in [0.29, 0.717) is 25.9 Å². The predicted octanol–water partition coefficient (Wildman–Crippen LogP) is 0.247. The highest BCUT2D eigenvalue weighted by Crippen LogP contribution is 2.19. The van der Waals surface area contributed by atoms with Crippen molar-refractivity contribution in [2.24, 2.45) is 11.5 Å². The fraction of sp³-hybridized carbons (Fsp3) is 1.00. The van der Waals surface area contributed by atoms with Crippen LogP contribution in [0.25, 0.3) is 0 Å². The Morgan fingerprint density at radius 2 is 1.45 bits per heavy atom. The van der Waals surface area contributed by atoms with E-state index in [4.69, 9.17) is 26.0 Å². The zero-order valence-electron chi connectivity index (χ0n) is 13.1. The van der Waals surface area contributed by atoms with Crippen LogP contribution in [0.4, 0.5) is 0 Å². The number of aliphatic hydroxyl groups excluding tert-OH is 1. The summed E-state index contributed by atoms with van der Waals surface area (Å²) in [7, 11) is 0. The molecule has 0 aliphatic carbocycles. The third kappa shape index (κ3) is 15.8. The molecule has 0 heterocycles. The van der Waals surface area contributed by atoms with Gasteiger partial charge in [0.05, 0.1) is 25.4 Å². The summed E-state index contributed by atoms with van der Waals surface area (Å²) in [5.74, 6) is 0. The minimum atomic E-state index is -0.839. The first-order chi connectivity index (χ1) is 9.60. The molecule has 0 aromatic heterocycles. The van der Waals surface area contributed by atoms with Crippen LogP contribution in [0.1, 0.15) is 39.5 Å². The van der Waals surface area contributed by atoms with E-state index < -0.39 is 5.60 Å². The maximum absolute atomic E-state index is 10.2. The van der Waals surface area contributed by atoms with Crippen LogP contribution >= 0.6 is 0 Å². The lowest BCUT2D eigenvalue weighted by Crippen LogP contribution is -2.36. The van der Waals surface area contributed by atoms with Crippen molar-refractivity contribution in [2.75, 3.05) is 46.1 Å². The average Bonchev–Trinajstić information content (AvgIpc) is 2.45. The largest absolute Gasteiger partial charge is 0.394 e. The van der Waals surface area contributed by atoms with Gasteiger partial charge in [0.2, 0.25) is 0 Å². The van der Waals surface area contributed by atoms with Gasteiger partial charge in [-0.25, -0.2) is 0 Å². The van der Waals surface area contributed by atoms with Crippen LogP contribution in [-0.2, 0) is 9.47 Å². The first kappa shape index (κ1) is 22.0. The van der Waals surface area contributed by atoms with E-state index in [9.17, 15) is 5.11 Å². The highest BCUT2D eigenvalue weighted by Gasteiger charge is 2.25. The Balaban J connectivity index is 0. The van der Waals surface area contributed by atoms with Crippen molar-refractivity contribution in [1.82, 2.24) is 0 Å². The minimum absolute atomic E-state index is 0.0240. The van der Waals surface area contributed by atoms with Crippen LogP contribution in [-0.4, -0.2) is 61.9 Å². The zero-order chi connectivity index (χ0) is 15.7. The Kier molecular flexibility index (Phi) is 18.5. The van der Waals surface area contributed by atoms with Crippen molar-refractivity contribution in [2.45, 2.75) is 45.1 Å². The summed E-state index contributed by atoms with van der Waals surface area (Å²) in [6.45, 7) is 7.26. The van der Waals surface area contributed by atoms with Gasteiger partial charge in [-0.05, 0) is 52.6 Å².